The maximum atomic E-state index is 12.3. The van der Waals surface area contributed by atoms with Gasteiger partial charge in [0.15, 0.2) is 5.65 Å². The third kappa shape index (κ3) is 6.72. The van der Waals surface area contributed by atoms with E-state index in [2.05, 4.69) is 46.0 Å². The Kier molecular flexibility index (Phi) is 8.86. The summed E-state index contributed by atoms with van der Waals surface area (Å²) in [6.45, 7) is 5.85. The highest BCUT2D eigenvalue weighted by Crippen LogP contribution is 2.33. The van der Waals surface area contributed by atoms with Crippen molar-refractivity contribution in [1.82, 2.24) is 30.4 Å². The van der Waals surface area contributed by atoms with Gasteiger partial charge in [-0.05, 0) is 45.2 Å². The molecule has 10 nitrogen and oxygen atoms in total. The van der Waals surface area contributed by atoms with E-state index >= 15 is 0 Å². The Morgan fingerprint density at radius 2 is 2.16 bits per heavy atom. The number of nitrogens with zero attached hydrogens (tertiary/aromatic N) is 4. The molecular formula is C27H35N7O3. The molecule has 3 aromatic rings. The number of pyridine rings is 2. The summed E-state index contributed by atoms with van der Waals surface area (Å²) >= 11 is 0. The summed E-state index contributed by atoms with van der Waals surface area (Å²) in [6.07, 6.45) is 11.1. The lowest BCUT2D eigenvalue weighted by Crippen LogP contribution is -2.28. The van der Waals surface area contributed by atoms with Gasteiger partial charge in [-0.25, -0.2) is 9.67 Å². The smallest absolute Gasteiger partial charge is 0.252 e. The third-order valence-corrected chi connectivity index (χ3v) is 6.05. The van der Waals surface area contributed by atoms with Gasteiger partial charge < -0.3 is 25.8 Å². The molecule has 2 unspecified atom stereocenters. The normalized spacial score (nSPS) is 16.0. The monoisotopic (exact) mass is 505 g/mol. The van der Waals surface area contributed by atoms with Gasteiger partial charge in [-0.1, -0.05) is 12.2 Å². The molecule has 0 spiro atoms. The Balaban J connectivity index is 1.47. The second-order valence-corrected chi connectivity index (χ2v) is 9.29. The van der Waals surface area contributed by atoms with Crippen LogP contribution in [0.2, 0.25) is 0 Å². The fraction of sp³-hybridized carbons (Fsp3) is 0.407. The van der Waals surface area contributed by atoms with Gasteiger partial charge in [0, 0.05) is 56.1 Å². The van der Waals surface area contributed by atoms with Crippen molar-refractivity contribution < 1.29 is 14.6 Å². The van der Waals surface area contributed by atoms with Crippen LogP contribution in [-0.4, -0.2) is 70.2 Å². The minimum Gasteiger partial charge on any atom is -0.495 e. The van der Waals surface area contributed by atoms with Crippen LogP contribution in [0.15, 0.2) is 60.8 Å². The average Bonchev–Trinajstić information content (AvgIpc) is 3.35. The number of amides is 1. The molecule has 0 aromatic carbocycles. The van der Waals surface area contributed by atoms with Crippen molar-refractivity contribution >= 4 is 22.6 Å². The summed E-state index contributed by atoms with van der Waals surface area (Å²) in [5, 5.41) is 24.8. The molecule has 1 aliphatic carbocycles. The highest BCUT2D eigenvalue weighted by Gasteiger charge is 2.21. The quantitative estimate of drug-likeness (QED) is 0.277. The van der Waals surface area contributed by atoms with Gasteiger partial charge in [0.1, 0.15) is 12.7 Å². The first-order valence-corrected chi connectivity index (χ1v) is 12.6. The molecule has 0 saturated heterocycles. The fourth-order valence-corrected chi connectivity index (χ4v) is 4.18. The number of ether oxygens (including phenoxy) is 1. The van der Waals surface area contributed by atoms with E-state index < -0.39 is 6.10 Å². The SMILES string of the molecule is CNCC(O)COC1=CC=CC(c2cc(NCCNC(=O)c3cccnc3)c3cnn(C(C)C)c3n2)C1. The van der Waals surface area contributed by atoms with E-state index in [0.717, 1.165) is 28.2 Å². The lowest BCUT2D eigenvalue weighted by atomic mass is 9.95. The van der Waals surface area contributed by atoms with Crippen LogP contribution in [0.3, 0.4) is 0 Å². The Morgan fingerprint density at radius 1 is 1.30 bits per heavy atom. The van der Waals surface area contributed by atoms with Crippen molar-refractivity contribution in [3.8, 4) is 0 Å². The van der Waals surface area contributed by atoms with Crippen molar-refractivity contribution in [3.63, 3.8) is 0 Å². The highest BCUT2D eigenvalue weighted by molar-refractivity contribution is 5.94. The molecule has 1 amide bonds. The Labute approximate surface area is 216 Å². The summed E-state index contributed by atoms with van der Waals surface area (Å²) < 4.78 is 7.79. The number of carbonyl (C=O) groups is 1. The second-order valence-electron chi connectivity index (χ2n) is 9.29. The van der Waals surface area contributed by atoms with Crippen LogP contribution in [0, 0.1) is 0 Å². The molecule has 37 heavy (non-hydrogen) atoms. The van der Waals surface area contributed by atoms with Crippen LogP contribution in [0.25, 0.3) is 11.0 Å². The van der Waals surface area contributed by atoms with Crippen molar-refractivity contribution in [2.45, 2.75) is 38.3 Å². The van der Waals surface area contributed by atoms with Crippen molar-refractivity contribution in [1.29, 1.82) is 0 Å². The fourth-order valence-electron chi connectivity index (χ4n) is 4.18. The number of carbonyl (C=O) groups excluding carboxylic acids is 1. The topological polar surface area (TPSA) is 126 Å². The van der Waals surface area contributed by atoms with Crippen LogP contribution in [0.1, 0.15) is 48.3 Å². The van der Waals surface area contributed by atoms with Gasteiger partial charge in [-0.2, -0.15) is 5.10 Å². The summed E-state index contributed by atoms with van der Waals surface area (Å²) in [5.74, 6) is 0.677. The molecule has 0 fully saturated rings. The molecule has 0 aliphatic heterocycles. The highest BCUT2D eigenvalue weighted by atomic mass is 16.5. The molecule has 0 saturated carbocycles. The predicted molar refractivity (Wildman–Crippen MR) is 143 cm³/mol. The van der Waals surface area contributed by atoms with Gasteiger partial charge >= 0.3 is 0 Å². The van der Waals surface area contributed by atoms with Crippen LogP contribution < -0.4 is 16.0 Å². The number of likely N-dealkylation sites (N-methyl/N-ethyl adjacent to an activating group) is 1. The van der Waals surface area contributed by atoms with Gasteiger partial charge in [0.2, 0.25) is 0 Å². The molecule has 3 heterocycles. The first kappa shape index (κ1) is 26.3. The van der Waals surface area contributed by atoms with Crippen LogP contribution in [0.4, 0.5) is 5.69 Å². The number of aliphatic hydroxyl groups is 1. The lowest BCUT2D eigenvalue weighted by molar-refractivity contribution is 0.0686. The molecule has 3 aromatic heterocycles. The molecular weight excluding hydrogens is 470 g/mol. The van der Waals surface area contributed by atoms with E-state index in [1.807, 2.05) is 29.1 Å². The molecule has 4 N–H and O–H groups in total. The van der Waals surface area contributed by atoms with Crippen molar-refractivity contribution in [3.05, 3.63) is 72.0 Å². The summed E-state index contributed by atoms with van der Waals surface area (Å²) in [6, 6.07) is 5.68. The molecule has 0 bridgehead atoms. The molecule has 1 aliphatic rings. The van der Waals surface area contributed by atoms with Gasteiger partial charge in [0.25, 0.3) is 5.91 Å². The average molecular weight is 506 g/mol. The number of hydrogen-bond acceptors (Lipinski definition) is 8. The number of fused-ring (bicyclic) bond motifs is 1. The molecule has 196 valence electrons. The van der Waals surface area contributed by atoms with E-state index in [1.54, 1.807) is 31.6 Å². The van der Waals surface area contributed by atoms with Gasteiger partial charge in [0.05, 0.1) is 28.6 Å². The van der Waals surface area contributed by atoms with E-state index in [9.17, 15) is 9.90 Å². The zero-order chi connectivity index (χ0) is 26.2. The van der Waals surface area contributed by atoms with Crippen molar-refractivity contribution in [2.75, 3.05) is 38.6 Å². The number of nitrogens with one attached hydrogen (secondary N) is 3. The Morgan fingerprint density at radius 3 is 2.92 bits per heavy atom. The zero-order valence-electron chi connectivity index (χ0n) is 21.5. The van der Waals surface area contributed by atoms with Gasteiger partial charge in [-0.3, -0.25) is 9.78 Å². The van der Waals surface area contributed by atoms with Crippen LogP contribution >= 0.6 is 0 Å². The first-order valence-electron chi connectivity index (χ1n) is 12.6. The lowest BCUT2D eigenvalue weighted by Gasteiger charge is -2.21. The standard InChI is InChI=1S/C27H35N7O3/c1-18(2)34-26-23(16-32-34)25(30-10-11-31-27(36)20-7-5-9-29-14-20)13-24(33-26)19-6-4-8-22(12-19)37-17-21(35)15-28-3/h4-9,13-14,16,18-19,21,28,35H,10-12,15,17H2,1-3H3,(H,30,33)(H,31,36). The van der Waals surface area contributed by atoms with E-state index in [1.165, 1.54) is 0 Å². The Hall–Kier alpha value is -3.76. The number of aromatic nitrogens is 4. The number of aliphatic hydroxyl groups excluding tert-OH is 1. The number of anilines is 1. The maximum absolute atomic E-state index is 12.3. The van der Waals surface area contributed by atoms with Crippen molar-refractivity contribution in [2.24, 2.45) is 0 Å². The molecule has 10 heteroatoms. The first-order chi connectivity index (χ1) is 18.0. The van der Waals surface area contributed by atoms with Crippen LogP contribution in [-0.2, 0) is 4.74 Å². The molecule has 0 radical (unpaired) electrons. The van der Waals surface area contributed by atoms with Crippen LogP contribution in [0.5, 0.6) is 0 Å². The largest absolute Gasteiger partial charge is 0.495 e. The minimum atomic E-state index is -0.570. The number of allylic oxidation sites excluding steroid dienone is 4. The van der Waals surface area contributed by atoms with Gasteiger partial charge in [-0.15, -0.1) is 0 Å². The number of hydrogen-bond donors (Lipinski definition) is 4. The molecule has 2 atom stereocenters. The minimum absolute atomic E-state index is 0.0205. The zero-order valence-corrected chi connectivity index (χ0v) is 21.5. The number of rotatable bonds is 12. The Bertz CT molecular complexity index is 1250. The summed E-state index contributed by atoms with van der Waals surface area (Å²) in [4.78, 5) is 21.3. The predicted octanol–water partition coefficient (Wildman–Crippen LogP) is 2.77. The summed E-state index contributed by atoms with van der Waals surface area (Å²) in [5.41, 5.74) is 3.16. The summed E-state index contributed by atoms with van der Waals surface area (Å²) in [7, 11) is 1.80. The third-order valence-electron chi connectivity index (χ3n) is 6.05. The second kappa shape index (κ2) is 12.5. The molecule has 4 rings (SSSR count). The van der Waals surface area contributed by atoms with E-state index in [-0.39, 0.29) is 24.5 Å². The van der Waals surface area contributed by atoms with E-state index in [4.69, 9.17) is 9.72 Å². The van der Waals surface area contributed by atoms with E-state index in [0.29, 0.717) is 31.6 Å². The maximum Gasteiger partial charge on any atom is 0.252 e.